The van der Waals surface area contributed by atoms with Crippen molar-refractivity contribution in [1.29, 1.82) is 0 Å². The van der Waals surface area contributed by atoms with E-state index < -0.39 is 14.4 Å². The molecule has 24 heavy (non-hydrogen) atoms. The average Bonchev–Trinajstić information content (AvgIpc) is 2.65. The van der Waals surface area contributed by atoms with Crippen molar-refractivity contribution in [3.8, 4) is 0 Å². The number of aliphatic hydroxyl groups is 1. The van der Waals surface area contributed by atoms with Gasteiger partial charge in [-0.25, -0.2) is 0 Å². The molecule has 0 saturated carbocycles. The van der Waals surface area contributed by atoms with Crippen molar-refractivity contribution in [1.82, 2.24) is 0 Å². The fraction of sp³-hybridized carbons (Fsp3) is 0.143. The van der Waals surface area contributed by atoms with Crippen LogP contribution in [0.4, 0.5) is 0 Å². The van der Waals surface area contributed by atoms with Crippen LogP contribution >= 0.6 is 0 Å². The molecule has 0 aliphatic heterocycles. The van der Waals surface area contributed by atoms with Gasteiger partial charge < -0.3 is 9.53 Å². The Kier molecular flexibility index (Phi) is 5.26. The van der Waals surface area contributed by atoms with Crippen molar-refractivity contribution >= 4 is 23.9 Å². The second-order valence-electron chi connectivity index (χ2n) is 5.94. The zero-order valence-corrected chi connectivity index (χ0v) is 14.8. The van der Waals surface area contributed by atoms with E-state index in [2.05, 4.69) is 72.8 Å². The van der Waals surface area contributed by atoms with Crippen molar-refractivity contribution in [3.05, 3.63) is 91.0 Å². The first-order valence-corrected chi connectivity index (χ1v) is 10.1. The molecule has 3 aromatic carbocycles. The molecule has 0 spiro atoms. The maximum absolute atomic E-state index is 9.85. The number of aliphatic hydroxyl groups excluding tert-OH is 1. The summed E-state index contributed by atoms with van der Waals surface area (Å²) in [6.07, 6.45) is -0.506. The second-order valence-corrected chi connectivity index (χ2v) is 9.32. The topological polar surface area (TPSA) is 29.5 Å². The largest absolute Gasteiger partial charge is 0.402 e. The normalized spacial score (nSPS) is 12.8. The van der Waals surface area contributed by atoms with Gasteiger partial charge in [-0.15, -0.1) is 0 Å². The third kappa shape index (κ3) is 3.34. The van der Waals surface area contributed by atoms with Crippen LogP contribution in [0.25, 0.3) is 0 Å². The van der Waals surface area contributed by atoms with Crippen LogP contribution in [-0.4, -0.2) is 26.1 Å². The fourth-order valence-corrected chi connectivity index (χ4v) is 6.99. The Bertz CT molecular complexity index is 646. The lowest BCUT2D eigenvalue weighted by molar-refractivity contribution is 0.122. The predicted molar refractivity (Wildman–Crippen MR) is 102 cm³/mol. The third-order valence-electron chi connectivity index (χ3n) is 4.08. The summed E-state index contributed by atoms with van der Waals surface area (Å²) in [4.78, 5) is 0. The Labute approximate surface area is 144 Å². The average molecular weight is 334 g/mol. The third-order valence-corrected chi connectivity index (χ3v) is 8.12. The van der Waals surface area contributed by atoms with Crippen LogP contribution in [0.3, 0.4) is 0 Å². The standard InChI is InChI=1S/C21H22O2Si/c1-18(22)17-23-24(19-11-5-2-6-12-19,20-13-7-3-8-14-20)21-15-9-4-10-16-21/h2-16,18,22H,17H2,1H3/t18-/m0/s1. The molecule has 3 aromatic rings. The molecule has 1 N–H and O–H groups in total. The molecule has 0 heterocycles. The van der Waals surface area contributed by atoms with Crippen molar-refractivity contribution in [2.45, 2.75) is 13.0 Å². The van der Waals surface area contributed by atoms with E-state index in [9.17, 15) is 5.11 Å². The van der Waals surface area contributed by atoms with Gasteiger partial charge in [0.15, 0.2) is 0 Å². The molecule has 0 saturated heterocycles. The van der Waals surface area contributed by atoms with E-state index in [-0.39, 0.29) is 0 Å². The summed E-state index contributed by atoms with van der Waals surface area (Å²) in [5, 5.41) is 13.4. The number of hydrogen-bond acceptors (Lipinski definition) is 2. The molecule has 2 nitrogen and oxygen atoms in total. The first-order chi connectivity index (χ1) is 11.7. The molecule has 122 valence electrons. The van der Waals surface area contributed by atoms with Crippen LogP contribution in [0.5, 0.6) is 0 Å². The Morgan fingerprint density at radius 1 is 0.708 bits per heavy atom. The van der Waals surface area contributed by atoms with Crippen LogP contribution < -0.4 is 15.6 Å². The molecule has 3 rings (SSSR count). The highest BCUT2D eigenvalue weighted by atomic mass is 28.4. The highest BCUT2D eigenvalue weighted by Gasteiger charge is 2.41. The zero-order valence-electron chi connectivity index (χ0n) is 13.8. The van der Waals surface area contributed by atoms with Crippen LogP contribution in [0.2, 0.25) is 0 Å². The van der Waals surface area contributed by atoms with Crippen LogP contribution in [0.1, 0.15) is 6.92 Å². The first-order valence-electron chi connectivity index (χ1n) is 8.22. The van der Waals surface area contributed by atoms with Crippen LogP contribution in [0, 0.1) is 0 Å². The number of rotatable bonds is 6. The maximum atomic E-state index is 9.85. The lowest BCUT2D eigenvalue weighted by Crippen LogP contribution is -2.69. The van der Waals surface area contributed by atoms with E-state index in [1.807, 2.05) is 18.2 Å². The fourth-order valence-electron chi connectivity index (χ4n) is 3.01. The van der Waals surface area contributed by atoms with Crippen molar-refractivity contribution in [2.24, 2.45) is 0 Å². The highest BCUT2D eigenvalue weighted by molar-refractivity contribution is 7.07. The minimum atomic E-state index is -2.65. The highest BCUT2D eigenvalue weighted by Crippen LogP contribution is 2.10. The summed E-state index contributed by atoms with van der Waals surface area (Å²) < 4.78 is 6.54. The van der Waals surface area contributed by atoms with Crippen molar-refractivity contribution < 1.29 is 9.53 Å². The van der Waals surface area contributed by atoms with E-state index in [0.717, 1.165) is 0 Å². The molecule has 0 bridgehead atoms. The second kappa shape index (κ2) is 7.58. The molecule has 0 aromatic heterocycles. The molecular formula is C21H22O2Si. The summed E-state index contributed by atoms with van der Waals surface area (Å²) in [6.45, 7) is 2.07. The minimum absolute atomic E-state index is 0.310. The molecule has 0 aliphatic carbocycles. The molecule has 0 fully saturated rings. The summed E-state index contributed by atoms with van der Waals surface area (Å²) in [7, 11) is -2.65. The Morgan fingerprint density at radius 3 is 1.33 bits per heavy atom. The number of hydrogen-bond donors (Lipinski definition) is 1. The lowest BCUT2D eigenvalue weighted by atomic mass is 10.3. The van der Waals surface area contributed by atoms with Gasteiger partial charge in [-0.3, -0.25) is 0 Å². The van der Waals surface area contributed by atoms with E-state index >= 15 is 0 Å². The van der Waals surface area contributed by atoms with E-state index in [1.54, 1.807) is 6.92 Å². The molecular weight excluding hydrogens is 312 g/mol. The van der Waals surface area contributed by atoms with Crippen LogP contribution in [-0.2, 0) is 4.43 Å². The van der Waals surface area contributed by atoms with Crippen molar-refractivity contribution in [3.63, 3.8) is 0 Å². The summed E-state index contributed by atoms with van der Waals surface area (Å²) >= 11 is 0. The van der Waals surface area contributed by atoms with Gasteiger partial charge in [0.05, 0.1) is 12.7 Å². The maximum Gasteiger partial charge on any atom is 0.288 e. The van der Waals surface area contributed by atoms with E-state index in [4.69, 9.17) is 4.43 Å². The number of benzene rings is 3. The Morgan fingerprint density at radius 2 is 1.04 bits per heavy atom. The molecule has 0 unspecified atom stereocenters. The summed E-state index contributed by atoms with van der Waals surface area (Å²) in [6, 6.07) is 31.2. The molecule has 0 amide bonds. The smallest absolute Gasteiger partial charge is 0.288 e. The van der Waals surface area contributed by atoms with Gasteiger partial charge in [-0.05, 0) is 22.5 Å². The van der Waals surface area contributed by atoms with Crippen molar-refractivity contribution in [2.75, 3.05) is 6.61 Å². The van der Waals surface area contributed by atoms with Gasteiger partial charge in [0.1, 0.15) is 0 Å². The Balaban J connectivity index is 2.24. The van der Waals surface area contributed by atoms with E-state index in [1.165, 1.54) is 15.6 Å². The molecule has 0 radical (unpaired) electrons. The van der Waals surface area contributed by atoms with Gasteiger partial charge in [0.25, 0.3) is 8.32 Å². The summed E-state index contributed by atoms with van der Waals surface area (Å²) in [5.74, 6) is 0. The van der Waals surface area contributed by atoms with Gasteiger partial charge in [-0.1, -0.05) is 91.0 Å². The molecule has 1 atom stereocenters. The monoisotopic (exact) mass is 334 g/mol. The van der Waals surface area contributed by atoms with Gasteiger partial charge >= 0.3 is 0 Å². The SMILES string of the molecule is C[C@H](O)CO[Si](c1ccccc1)(c1ccccc1)c1ccccc1. The van der Waals surface area contributed by atoms with Gasteiger partial charge in [0, 0.05) is 0 Å². The zero-order chi connectivity index (χ0) is 16.8. The van der Waals surface area contributed by atoms with Crippen LogP contribution in [0.15, 0.2) is 91.0 Å². The minimum Gasteiger partial charge on any atom is -0.402 e. The van der Waals surface area contributed by atoms with Gasteiger partial charge in [-0.2, -0.15) is 0 Å². The van der Waals surface area contributed by atoms with E-state index in [0.29, 0.717) is 6.61 Å². The first kappa shape index (κ1) is 16.6. The molecule has 0 aliphatic rings. The lowest BCUT2D eigenvalue weighted by Gasteiger charge is -2.33. The summed E-state index contributed by atoms with van der Waals surface area (Å²) in [5.41, 5.74) is 0. The Hall–Kier alpha value is -2.20. The quantitative estimate of drug-likeness (QED) is 0.552. The van der Waals surface area contributed by atoms with Gasteiger partial charge in [0.2, 0.25) is 0 Å². The predicted octanol–water partition coefficient (Wildman–Crippen LogP) is 2.05. The molecule has 3 heteroatoms.